The first-order valence-electron chi connectivity index (χ1n) is 7.24. The van der Waals surface area contributed by atoms with Crippen LogP contribution < -0.4 is 9.04 Å². The third kappa shape index (κ3) is 3.50. The number of thioether (sulfide) groups is 1. The highest BCUT2D eigenvalue weighted by atomic mass is 35.5. The second-order valence-corrected chi connectivity index (χ2v) is 8.01. The monoisotopic (exact) mass is 351 g/mol. The van der Waals surface area contributed by atoms with Crippen molar-refractivity contribution in [2.45, 2.75) is 22.3 Å². The van der Waals surface area contributed by atoms with E-state index in [1.165, 1.54) is 16.3 Å². The Bertz CT molecular complexity index is 620. The Hall–Kier alpha value is -0.970. The second kappa shape index (κ2) is 7.53. The topological polar surface area (TPSA) is 12.5 Å². The molecule has 0 aromatic heterocycles. The number of hydrogen-bond donors (Lipinski definition) is 0. The molecule has 0 amide bonds. The van der Waals surface area contributed by atoms with E-state index in [9.17, 15) is 0 Å². The molecule has 22 heavy (non-hydrogen) atoms. The van der Waals surface area contributed by atoms with Crippen LogP contribution in [-0.2, 0) is 0 Å². The van der Waals surface area contributed by atoms with E-state index in [1.54, 1.807) is 7.11 Å². The Morgan fingerprint density at radius 1 is 1.14 bits per heavy atom. The maximum Gasteiger partial charge on any atom is 0.119 e. The molecule has 0 bridgehead atoms. The summed E-state index contributed by atoms with van der Waals surface area (Å²) < 4.78 is 8.08. The molecule has 2 nitrogen and oxygen atoms in total. The minimum atomic E-state index is 0.496. The van der Waals surface area contributed by atoms with Gasteiger partial charge in [0.25, 0.3) is 0 Å². The van der Waals surface area contributed by atoms with Crippen molar-refractivity contribution >= 4 is 46.7 Å². The number of ether oxygens (including phenoxy) is 1. The molecule has 3 rings (SSSR count). The third-order valence-electron chi connectivity index (χ3n) is 3.45. The molecule has 0 fully saturated rings. The van der Waals surface area contributed by atoms with Gasteiger partial charge in [-0.2, -0.15) is 0 Å². The molecule has 0 saturated heterocycles. The number of halogens is 1. The maximum atomic E-state index is 5.86. The molecule has 2 aromatic carbocycles. The highest BCUT2D eigenvalue weighted by Gasteiger charge is 2.26. The van der Waals surface area contributed by atoms with Crippen LogP contribution in [0.1, 0.15) is 12.8 Å². The molecule has 1 heterocycles. The number of fused-ring (bicyclic) bond motifs is 1. The van der Waals surface area contributed by atoms with Crippen LogP contribution in [0.15, 0.2) is 53.4 Å². The van der Waals surface area contributed by atoms with Crippen LogP contribution in [0.25, 0.3) is 0 Å². The summed E-state index contributed by atoms with van der Waals surface area (Å²) in [6.45, 7) is 0. The molecule has 1 aliphatic heterocycles. The van der Waals surface area contributed by atoms with E-state index in [2.05, 4.69) is 40.7 Å². The van der Waals surface area contributed by atoms with Crippen molar-refractivity contribution in [1.82, 2.24) is 0 Å². The van der Waals surface area contributed by atoms with Crippen molar-refractivity contribution in [1.29, 1.82) is 0 Å². The summed E-state index contributed by atoms with van der Waals surface area (Å²) in [6.07, 6.45) is 2.16. The van der Waals surface area contributed by atoms with Gasteiger partial charge >= 0.3 is 0 Å². The number of alkyl halides is 1. The van der Waals surface area contributed by atoms with E-state index in [0.717, 1.165) is 24.5 Å². The first-order valence-corrected chi connectivity index (χ1v) is 9.49. The number of methoxy groups -OCH3 is 1. The average Bonchev–Trinajstić information content (AvgIpc) is 2.59. The zero-order valence-electron chi connectivity index (χ0n) is 12.4. The summed E-state index contributed by atoms with van der Waals surface area (Å²) >= 11 is 9.68. The van der Waals surface area contributed by atoms with Crippen LogP contribution in [0.5, 0.6) is 5.75 Å². The minimum Gasteiger partial charge on any atom is -0.497 e. The minimum absolute atomic E-state index is 0.496. The van der Waals surface area contributed by atoms with E-state index in [4.69, 9.17) is 16.3 Å². The van der Waals surface area contributed by atoms with Gasteiger partial charge in [0.15, 0.2) is 0 Å². The van der Waals surface area contributed by atoms with Gasteiger partial charge in [-0.1, -0.05) is 12.1 Å². The van der Waals surface area contributed by atoms with Gasteiger partial charge in [-0.25, -0.2) is 0 Å². The lowest BCUT2D eigenvalue weighted by molar-refractivity contribution is 0.415. The fraction of sp³-hybridized carbons (Fsp3) is 0.294. The van der Waals surface area contributed by atoms with E-state index < -0.39 is 0 Å². The van der Waals surface area contributed by atoms with Crippen molar-refractivity contribution in [3.05, 3.63) is 48.5 Å². The van der Waals surface area contributed by atoms with Crippen LogP contribution >= 0.6 is 35.3 Å². The number of rotatable bonds is 5. The van der Waals surface area contributed by atoms with Crippen molar-refractivity contribution in [2.24, 2.45) is 0 Å². The predicted molar refractivity (Wildman–Crippen MR) is 98.8 cm³/mol. The van der Waals surface area contributed by atoms with Gasteiger partial charge < -0.3 is 4.74 Å². The van der Waals surface area contributed by atoms with Crippen LogP contribution in [0, 0.1) is 0 Å². The zero-order valence-corrected chi connectivity index (χ0v) is 14.8. The smallest absolute Gasteiger partial charge is 0.119 e. The molecule has 2 aromatic rings. The van der Waals surface area contributed by atoms with Crippen LogP contribution in [-0.4, -0.2) is 17.6 Å². The number of nitrogens with zero attached hydrogens (tertiary/aromatic N) is 1. The van der Waals surface area contributed by atoms with Gasteiger partial charge in [-0.15, -0.1) is 23.4 Å². The first kappa shape index (κ1) is 15.9. The highest BCUT2D eigenvalue weighted by Crippen LogP contribution is 2.51. The SMILES string of the molecule is COc1ccc(N2SC(CCCCl)Sc3ccccc32)cc1. The normalized spacial score (nSPS) is 17.2. The standard InChI is InChI=1S/C17H18ClNOS2/c1-20-14-10-8-13(9-11-14)19-15-5-2-3-6-16(15)21-17(22-19)7-4-12-18/h2-3,5-6,8-11,17H,4,7,12H2,1H3. The van der Waals surface area contributed by atoms with Crippen molar-refractivity contribution in [2.75, 3.05) is 17.3 Å². The first-order chi connectivity index (χ1) is 10.8. The molecular formula is C17H18ClNOS2. The maximum absolute atomic E-state index is 5.86. The lowest BCUT2D eigenvalue weighted by Gasteiger charge is -2.34. The average molecular weight is 352 g/mol. The molecular weight excluding hydrogens is 334 g/mol. The van der Waals surface area contributed by atoms with Crippen LogP contribution in [0.3, 0.4) is 0 Å². The summed E-state index contributed by atoms with van der Waals surface area (Å²) in [4.78, 5) is 1.33. The van der Waals surface area contributed by atoms with E-state index >= 15 is 0 Å². The lowest BCUT2D eigenvalue weighted by Crippen LogP contribution is -2.18. The summed E-state index contributed by atoms with van der Waals surface area (Å²) in [5.74, 6) is 1.61. The van der Waals surface area contributed by atoms with Crippen LogP contribution in [0.4, 0.5) is 11.4 Å². The summed E-state index contributed by atoms with van der Waals surface area (Å²) in [7, 11) is 1.69. The van der Waals surface area contributed by atoms with Gasteiger partial charge in [0.1, 0.15) is 5.75 Å². The van der Waals surface area contributed by atoms with Crippen molar-refractivity contribution < 1.29 is 4.74 Å². The fourth-order valence-electron chi connectivity index (χ4n) is 2.34. The molecule has 1 unspecified atom stereocenters. The largest absolute Gasteiger partial charge is 0.497 e. The molecule has 0 aliphatic carbocycles. The molecule has 0 spiro atoms. The van der Waals surface area contributed by atoms with E-state index in [0.29, 0.717) is 4.58 Å². The van der Waals surface area contributed by atoms with E-state index in [-0.39, 0.29) is 0 Å². The fourth-order valence-corrected chi connectivity index (χ4v) is 5.32. The van der Waals surface area contributed by atoms with Gasteiger partial charge in [-0.3, -0.25) is 4.31 Å². The predicted octanol–water partition coefficient (Wildman–Crippen LogP) is 5.93. The van der Waals surface area contributed by atoms with Crippen molar-refractivity contribution in [3.8, 4) is 5.75 Å². The van der Waals surface area contributed by atoms with Crippen LogP contribution in [0.2, 0.25) is 0 Å². The molecule has 1 aliphatic rings. The zero-order chi connectivity index (χ0) is 15.4. The highest BCUT2D eigenvalue weighted by molar-refractivity contribution is 8.18. The Balaban J connectivity index is 1.90. The van der Waals surface area contributed by atoms with Gasteiger partial charge in [0, 0.05) is 10.8 Å². The van der Waals surface area contributed by atoms with Crippen molar-refractivity contribution in [3.63, 3.8) is 0 Å². The summed E-state index contributed by atoms with van der Waals surface area (Å²) in [5.41, 5.74) is 2.43. The Morgan fingerprint density at radius 3 is 2.64 bits per heavy atom. The lowest BCUT2D eigenvalue weighted by atomic mass is 10.2. The number of benzene rings is 2. The van der Waals surface area contributed by atoms with Gasteiger partial charge in [0.05, 0.1) is 23.1 Å². The molecule has 0 radical (unpaired) electrons. The second-order valence-electron chi connectivity index (χ2n) is 4.94. The Kier molecular flexibility index (Phi) is 5.45. The molecule has 5 heteroatoms. The number of hydrogen-bond acceptors (Lipinski definition) is 4. The quantitative estimate of drug-likeness (QED) is 0.488. The molecule has 0 N–H and O–H groups in total. The Morgan fingerprint density at radius 2 is 1.91 bits per heavy atom. The van der Waals surface area contributed by atoms with E-state index in [1.807, 2.05) is 35.8 Å². The molecule has 1 atom stereocenters. The summed E-state index contributed by atoms with van der Waals surface area (Å²) in [5, 5.41) is 0. The molecule has 116 valence electrons. The number of anilines is 2. The Labute approximate surface area is 145 Å². The van der Waals surface area contributed by atoms with Gasteiger partial charge in [0.2, 0.25) is 0 Å². The summed E-state index contributed by atoms with van der Waals surface area (Å²) in [6, 6.07) is 16.8. The van der Waals surface area contributed by atoms with Gasteiger partial charge in [-0.05, 0) is 61.2 Å². The third-order valence-corrected chi connectivity index (χ3v) is 6.45. The number of para-hydroxylation sites is 1. The molecule has 0 saturated carbocycles.